The summed E-state index contributed by atoms with van der Waals surface area (Å²) in [5, 5.41) is 5.55. The Morgan fingerprint density at radius 3 is 2.45 bits per heavy atom. The van der Waals surface area contributed by atoms with Gasteiger partial charge in [0.15, 0.2) is 0 Å². The van der Waals surface area contributed by atoms with Crippen LogP contribution < -0.4 is 15.4 Å². The largest absolute Gasteiger partial charge is 0.477 e. The highest BCUT2D eigenvalue weighted by molar-refractivity contribution is 5.94. The third kappa shape index (κ3) is 7.88. The average Bonchev–Trinajstić information content (AvgIpc) is 2.66. The molecule has 2 aromatic rings. The van der Waals surface area contributed by atoms with Gasteiger partial charge in [-0.15, -0.1) is 0 Å². The van der Waals surface area contributed by atoms with Gasteiger partial charge in [-0.3, -0.25) is 9.59 Å². The Morgan fingerprint density at radius 1 is 1.16 bits per heavy atom. The molecule has 7 nitrogen and oxygen atoms in total. The molecule has 31 heavy (non-hydrogen) atoms. The van der Waals surface area contributed by atoms with Gasteiger partial charge in [-0.25, -0.2) is 9.97 Å². The van der Waals surface area contributed by atoms with Gasteiger partial charge < -0.3 is 15.4 Å². The highest BCUT2D eigenvalue weighted by Crippen LogP contribution is 2.21. The van der Waals surface area contributed by atoms with Crippen molar-refractivity contribution >= 4 is 17.6 Å². The summed E-state index contributed by atoms with van der Waals surface area (Å²) in [6.45, 7) is 6.56. The lowest BCUT2D eigenvalue weighted by Gasteiger charge is -2.17. The number of ether oxygens (including phenoxy) is 1. The second kappa shape index (κ2) is 10.2. The summed E-state index contributed by atoms with van der Waals surface area (Å²) in [6.07, 6.45) is -4.16. The molecule has 2 aromatic heterocycles. The molecule has 0 radical (unpaired) electrons. The molecule has 1 unspecified atom stereocenters. The number of nitrogens with zero attached hydrogens (tertiary/aromatic N) is 2. The second-order valence-electron chi connectivity index (χ2n) is 7.36. The number of anilines is 1. The van der Waals surface area contributed by atoms with Crippen LogP contribution in [0.25, 0.3) is 0 Å². The van der Waals surface area contributed by atoms with Crippen LogP contribution in [0.15, 0.2) is 30.5 Å². The third-order valence-corrected chi connectivity index (χ3v) is 4.23. The summed E-state index contributed by atoms with van der Waals surface area (Å²) in [4.78, 5) is 32.6. The Balaban J connectivity index is 2.00. The Kier molecular flexibility index (Phi) is 7.95. The van der Waals surface area contributed by atoms with Crippen molar-refractivity contribution in [1.82, 2.24) is 15.3 Å². The molecule has 0 spiro atoms. The second-order valence-corrected chi connectivity index (χ2v) is 7.36. The van der Waals surface area contributed by atoms with Gasteiger partial charge in [-0.1, -0.05) is 13.8 Å². The zero-order valence-electron chi connectivity index (χ0n) is 17.7. The number of alkyl halides is 3. The van der Waals surface area contributed by atoms with Gasteiger partial charge in [-0.2, -0.15) is 13.2 Å². The summed E-state index contributed by atoms with van der Waals surface area (Å²) >= 11 is 0. The van der Waals surface area contributed by atoms with E-state index in [0.717, 1.165) is 5.56 Å². The first-order chi connectivity index (χ1) is 14.4. The number of carbonyl (C=O) groups is 2. The van der Waals surface area contributed by atoms with E-state index in [1.807, 2.05) is 0 Å². The summed E-state index contributed by atoms with van der Waals surface area (Å²) < 4.78 is 41.4. The molecule has 168 valence electrons. The smallest absolute Gasteiger partial charge is 0.392 e. The van der Waals surface area contributed by atoms with E-state index in [9.17, 15) is 22.8 Å². The Labute approximate surface area is 178 Å². The maximum Gasteiger partial charge on any atom is 0.392 e. The minimum atomic E-state index is -4.31. The molecule has 2 heterocycles. The van der Waals surface area contributed by atoms with Crippen LogP contribution in [0, 0.1) is 12.8 Å². The number of hydrogen-bond acceptors (Lipinski definition) is 5. The minimum absolute atomic E-state index is 0.00384. The van der Waals surface area contributed by atoms with Crippen molar-refractivity contribution in [3.8, 4) is 5.88 Å². The maximum absolute atomic E-state index is 12.5. The van der Waals surface area contributed by atoms with Gasteiger partial charge in [0.2, 0.25) is 11.8 Å². The molecule has 0 aliphatic heterocycles. The molecule has 1 atom stereocenters. The Morgan fingerprint density at radius 2 is 1.87 bits per heavy atom. The first-order valence-corrected chi connectivity index (χ1v) is 9.70. The predicted molar refractivity (Wildman–Crippen MR) is 109 cm³/mol. The fourth-order valence-electron chi connectivity index (χ4n) is 2.51. The first-order valence-electron chi connectivity index (χ1n) is 9.70. The van der Waals surface area contributed by atoms with Crippen molar-refractivity contribution in [2.45, 2.75) is 46.3 Å². The molecular weight excluding hydrogens is 413 g/mol. The minimum Gasteiger partial charge on any atom is -0.477 e. The zero-order chi connectivity index (χ0) is 23.2. The zero-order valence-corrected chi connectivity index (χ0v) is 17.7. The average molecular weight is 438 g/mol. The molecule has 0 aliphatic carbocycles. The van der Waals surface area contributed by atoms with Crippen molar-refractivity contribution in [3.63, 3.8) is 0 Å². The number of rotatable bonds is 8. The normalized spacial score (nSPS) is 12.4. The van der Waals surface area contributed by atoms with Crippen LogP contribution in [-0.2, 0) is 4.79 Å². The van der Waals surface area contributed by atoms with Crippen LogP contribution in [0.5, 0.6) is 5.88 Å². The SMILES string of the molecule is Cc1cc(C(C)NC(=O)c2ccc(OCCC(F)(F)F)nc2)cc(NC(=O)C(C)C)n1. The number of aromatic nitrogens is 2. The highest BCUT2D eigenvalue weighted by atomic mass is 19.4. The van der Waals surface area contributed by atoms with E-state index in [1.54, 1.807) is 39.8 Å². The molecule has 2 amide bonds. The molecule has 0 aliphatic rings. The number of aryl methyl sites for hydroxylation is 1. The van der Waals surface area contributed by atoms with Crippen molar-refractivity contribution in [2.75, 3.05) is 11.9 Å². The van der Waals surface area contributed by atoms with Crippen molar-refractivity contribution < 1.29 is 27.5 Å². The van der Waals surface area contributed by atoms with Gasteiger partial charge in [0.1, 0.15) is 5.82 Å². The van der Waals surface area contributed by atoms with E-state index in [4.69, 9.17) is 4.74 Å². The van der Waals surface area contributed by atoms with Gasteiger partial charge in [0.05, 0.1) is 24.6 Å². The van der Waals surface area contributed by atoms with Crippen molar-refractivity contribution in [3.05, 3.63) is 47.3 Å². The number of carbonyl (C=O) groups excluding carboxylic acids is 2. The Hall–Kier alpha value is -3.17. The van der Waals surface area contributed by atoms with Crippen LogP contribution in [-0.4, -0.2) is 34.6 Å². The summed E-state index contributed by atoms with van der Waals surface area (Å²) in [5.41, 5.74) is 1.66. The molecule has 0 saturated heterocycles. The molecule has 2 N–H and O–H groups in total. The van der Waals surface area contributed by atoms with Crippen molar-refractivity contribution in [1.29, 1.82) is 0 Å². The van der Waals surface area contributed by atoms with Crippen LogP contribution >= 0.6 is 0 Å². The molecule has 2 rings (SSSR count). The number of hydrogen-bond donors (Lipinski definition) is 2. The molecule has 0 aromatic carbocycles. The molecular formula is C21H25F3N4O3. The number of amides is 2. The van der Waals surface area contributed by atoms with Gasteiger partial charge in [-0.05, 0) is 37.6 Å². The lowest BCUT2D eigenvalue weighted by atomic mass is 10.1. The number of nitrogens with one attached hydrogen (secondary N) is 2. The van der Waals surface area contributed by atoms with Crippen LogP contribution in [0.4, 0.5) is 19.0 Å². The van der Waals surface area contributed by atoms with Crippen LogP contribution in [0.1, 0.15) is 54.8 Å². The van der Waals surface area contributed by atoms with E-state index < -0.39 is 31.2 Å². The molecule has 10 heteroatoms. The third-order valence-electron chi connectivity index (χ3n) is 4.23. The topological polar surface area (TPSA) is 93.2 Å². The summed E-state index contributed by atoms with van der Waals surface area (Å²) in [6, 6.07) is 5.85. The summed E-state index contributed by atoms with van der Waals surface area (Å²) in [5.74, 6) is -0.370. The lowest BCUT2D eigenvalue weighted by molar-refractivity contribution is -0.139. The number of halogens is 3. The maximum atomic E-state index is 12.5. The standard InChI is InChI=1S/C21H25F3N4O3/c1-12(2)19(29)28-17-10-16(9-13(3)26-17)14(4)27-20(30)15-5-6-18(25-11-15)31-8-7-21(22,23)24/h5-6,9-12,14H,7-8H2,1-4H3,(H,27,30)(H,26,28,29). The lowest BCUT2D eigenvalue weighted by Crippen LogP contribution is -2.27. The molecule has 0 bridgehead atoms. The van der Waals surface area contributed by atoms with Crippen LogP contribution in [0.2, 0.25) is 0 Å². The van der Waals surface area contributed by atoms with Gasteiger partial charge >= 0.3 is 6.18 Å². The van der Waals surface area contributed by atoms with E-state index >= 15 is 0 Å². The van der Waals surface area contributed by atoms with Gasteiger partial charge in [0.25, 0.3) is 5.91 Å². The number of pyridine rings is 2. The fourth-order valence-corrected chi connectivity index (χ4v) is 2.51. The highest BCUT2D eigenvalue weighted by Gasteiger charge is 2.27. The quantitative estimate of drug-likeness (QED) is 0.644. The first kappa shape index (κ1) is 24.1. The van der Waals surface area contributed by atoms with Gasteiger partial charge in [0, 0.05) is 23.9 Å². The molecule has 0 saturated carbocycles. The fraction of sp³-hybridized carbons (Fsp3) is 0.429. The van der Waals surface area contributed by atoms with E-state index in [1.165, 1.54) is 18.3 Å². The summed E-state index contributed by atoms with van der Waals surface area (Å²) in [7, 11) is 0. The molecule has 0 fully saturated rings. The monoisotopic (exact) mass is 438 g/mol. The van der Waals surface area contributed by atoms with E-state index in [2.05, 4.69) is 20.6 Å². The van der Waals surface area contributed by atoms with E-state index in [-0.39, 0.29) is 23.3 Å². The predicted octanol–water partition coefficient (Wildman–Crippen LogP) is 4.20. The van der Waals surface area contributed by atoms with Crippen molar-refractivity contribution in [2.24, 2.45) is 5.92 Å². The Bertz CT molecular complexity index is 915. The van der Waals surface area contributed by atoms with E-state index in [0.29, 0.717) is 11.5 Å². The van der Waals surface area contributed by atoms with Crippen LogP contribution in [0.3, 0.4) is 0 Å².